The Kier molecular flexibility index (Phi) is 8.35. The van der Waals surface area contributed by atoms with Crippen LogP contribution in [0.2, 0.25) is 0 Å². The fourth-order valence-electron chi connectivity index (χ4n) is 2.40. The smallest absolute Gasteiger partial charge is 0.320 e. The molecule has 0 aliphatic carbocycles. The van der Waals surface area contributed by atoms with Gasteiger partial charge in [0.1, 0.15) is 6.04 Å². The van der Waals surface area contributed by atoms with Crippen LogP contribution in [0.15, 0.2) is 0 Å². The Hall–Kier alpha value is -1.87. The average molecular weight is 330 g/mol. The quantitative estimate of drug-likeness (QED) is 0.413. The van der Waals surface area contributed by atoms with Crippen LogP contribution >= 0.6 is 0 Å². The van der Waals surface area contributed by atoms with Crippen molar-refractivity contribution in [1.82, 2.24) is 15.1 Å². The predicted octanol–water partition coefficient (Wildman–Crippen LogP) is -0.629. The number of amides is 2. The van der Waals surface area contributed by atoms with E-state index in [0.717, 1.165) is 19.3 Å². The van der Waals surface area contributed by atoms with Gasteiger partial charge in [0.2, 0.25) is 0 Å². The van der Waals surface area contributed by atoms with E-state index in [0.29, 0.717) is 39.1 Å². The third-order valence-corrected chi connectivity index (χ3v) is 3.80. The lowest BCUT2D eigenvalue weighted by Gasteiger charge is -2.33. The Morgan fingerprint density at radius 1 is 1.04 bits per heavy atom. The molecule has 1 atom stereocenters. The standard InChI is InChI=1S/C14H26N4O5/c15-11(13(21)22)4-2-1-3-5-16-14(23)18-8-6-17(7-9-18)10-12(19)20/h11H,1-10,15H2,(H,16,23)(H,19,20)(H,21,22)/t11-/m0/s1. The van der Waals surface area contributed by atoms with Crippen LogP contribution in [-0.4, -0.2) is 83.3 Å². The van der Waals surface area contributed by atoms with E-state index in [2.05, 4.69) is 5.32 Å². The van der Waals surface area contributed by atoms with Crippen molar-refractivity contribution in [1.29, 1.82) is 0 Å². The molecule has 1 saturated heterocycles. The molecule has 0 unspecified atom stereocenters. The molecule has 1 fully saturated rings. The van der Waals surface area contributed by atoms with Crippen molar-refractivity contribution in [2.24, 2.45) is 5.73 Å². The number of urea groups is 1. The number of rotatable bonds is 9. The summed E-state index contributed by atoms with van der Waals surface area (Å²) in [6.45, 7) is 2.71. The van der Waals surface area contributed by atoms with E-state index in [4.69, 9.17) is 15.9 Å². The maximum Gasteiger partial charge on any atom is 0.320 e. The molecule has 1 rings (SSSR count). The SMILES string of the molecule is N[C@@H](CCCCCNC(=O)N1CCN(CC(=O)O)CC1)C(=O)O. The lowest BCUT2D eigenvalue weighted by atomic mass is 10.1. The number of carbonyl (C=O) groups is 3. The topological polar surface area (TPSA) is 136 Å². The van der Waals surface area contributed by atoms with Gasteiger partial charge in [-0.05, 0) is 12.8 Å². The van der Waals surface area contributed by atoms with E-state index >= 15 is 0 Å². The second-order valence-corrected chi connectivity index (χ2v) is 5.68. The highest BCUT2D eigenvalue weighted by atomic mass is 16.4. The van der Waals surface area contributed by atoms with Crippen molar-refractivity contribution in [3.8, 4) is 0 Å². The molecule has 0 bridgehead atoms. The summed E-state index contributed by atoms with van der Waals surface area (Å²) in [4.78, 5) is 36.6. The molecule has 0 radical (unpaired) electrons. The van der Waals surface area contributed by atoms with Gasteiger partial charge in [-0.25, -0.2) is 4.79 Å². The summed E-state index contributed by atoms with van der Waals surface area (Å²) in [7, 11) is 0. The second kappa shape index (κ2) is 10.0. The van der Waals surface area contributed by atoms with Crippen molar-refractivity contribution < 1.29 is 24.6 Å². The van der Waals surface area contributed by atoms with Crippen LogP contribution in [0.5, 0.6) is 0 Å². The van der Waals surface area contributed by atoms with E-state index in [9.17, 15) is 14.4 Å². The van der Waals surface area contributed by atoms with Crippen molar-refractivity contribution >= 4 is 18.0 Å². The van der Waals surface area contributed by atoms with E-state index in [-0.39, 0.29) is 12.6 Å². The molecule has 2 amide bonds. The fourth-order valence-corrected chi connectivity index (χ4v) is 2.40. The molecule has 0 aromatic rings. The van der Waals surface area contributed by atoms with Crippen molar-refractivity contribution in [2.45, 2.75) is 31.7 Å². The Morgan fingerprint density at radius 2 is 1.70 bits per heavy atom. The number of piperazine rings is 1. The van der Waals surface area contributed by atoms with Crippen molar-refractivity contribution in [3.05, 3.63) is 0 Å². The van der Waals surface area contributed by atoms with Gasteiger partial charge in [0.05, 0.1) is 6.54 Å². The summed E-state index contributed by atoms with van der Waals surface area (Å²) in [5.74, 6) is -1.84. The van der Waals surface area contributed by atoms with Crippen LogP contribution in [0.3, 0.4) is 0 Å². The maximum absolute atomic E-state index is 11.9. The highest BCUT2D eigenvalue weighted by Gasteiger charge is 2.21. The van der Waals surface area contributed by atoms with E-state index in [1.807, 2.05) is 0 Å². The Morgan fingerprint density at radius 3 is 2.26 bits per heavy atom. The van der Waals surface area contributed by atoms with Gasteiger partial charge in [0.25, 0.3) is 0 Å². The number of aliphatic carboxylic acids is 2. The summed E-state index contributed by atoms with van der Waals surface area (Å²) in [6, 6.07) is -0.950. The average Bonchev–Trinajstić information content (AvgIpc) is 2.50. The minimum Gasteiger partial charge on any atom is -0.480 e. The molecule has 1 aliphatic rings. The highest BCUT2D eigenvalue weighted by Crippen LogP contribution is 2.04. The van der Waals surface area contributed by atoms with Crippen LogP contribution in [0.25, 0.3) is 0 Å². The van der Waals surface area contributed by atoms with Gasteiger partial charge in [0.15, 0.2) is 0 Å². The molecule has 1 heterocycles. The zero-order valence-corrected chi connectivity index (χ0v) is 13.2. The van der Waals surface area contributed by atoms with Gasteiger partial charge >= 0.3 is 18.0 Å². The normalized spacial score (nSPS) is 16.8. The van der Waals surface area contributed by atoms with Crippen molar-refractivity contribution in [3.63, 3.8) is 0 Å². The second-order valence-electron chi connectivity index (χ2n) is 5.68. The number of hydrogen-bond donors (Lipinski definition) is 4. The molecule has 9 nitrogen and oxygen atoms in total. The summed E-state index contributed by atoms with van der Waals surface area (Å²) in [5, 5.41) is 20.2. The monoisotopic (exact) mass is 330 g/mol. The van der Waals surface area contributed by atoms with Crippen LogP contribution in [0.4, 0.5) is 4.79 Å². The third kappa shape index (κ3) is 7.80. The largest absolute Gasteiger partial charge is 0.480 e. The maximum atomic E-state index is 11.9. The molecule has 9 heteroatoms. The van der Waals surface area contributed by atoms with Crippen LogP contribution in [0.1, 0.15) is 25.7 Å². The summed E-state index contributed by atoms with van der Waals surface area (Å²) < 4.78 is 0. The highest BCUT2D eigenvalue weighted by molar-refractivity contribution is 5.74. The van der Waals surface area contributed by atoms with Gasteiger partial charge in [0, 0.05) is 32.7 Å². The third-order valence-electron chi connectivity index (χ3n) is 3.80. The number of nitrogens with one attached hydrogen (secondary N) is 1. The first-order chi connectivity index (χ1) is 10.9. The van der Waals surface area contributed by atoms with Gasteiger partial charge < -0.3 is 26.2 Å². The Bertz CT molecular complexity index is 410. The zero-order valence-electron chi connectivity index (χ0n) is 13.2. The number of unbranched alkanes of at least 4 members (excludes halogenated alkanes) is 2. The first-order valence-corrected chi connectivity index (χ1v) is 7.85. The zero-order chi connectivity index (χ0) is 17.2. The van der Waals surface area contributed by atoms with Gasteiger partial charge in [-0.1, -0.05) is 12.8 Å². The van der Waals surface area contributed by atoms with Crippen LogP contribution < -0.4 is 11.1 Å². The van der Waals surface area contributed by atoms with E-state index in [1.54, 1.807) is 9.80 Å². The molecule has 0 aromatic heterocycles. The number of carboxylic acids is 2. The summed E-state index contributed by atoms with van der Waals surface area (Å²) >= 11 is 0. The lowest BCUT2D eigenvalue weighted by molar-refractivity contribution is -0.139. The molecule has 0 spiro atoms. The summed E-state index contributed by atoms with van der Waals surface area (Å²) in [5.41, 5.74) is 5.40. The summed E-state index contributed by atoms with van der Waals surface area (Å²) in [6.07, 6.45) is 2.75. The van der Waals surface area contributed by atoms with E-state index in [1.165, 1.54) is 0 Å². The number of nitrogens with zero attached hydrogens (tertiary/aromatic N) is 2. The number of carboxylic acid groups (broad SMARTS) is 2. The Balaban J connectivity index is 2.07. The molecule has 5 N–H and O–H groups in total. The molecule has 23 heavy (non-hydrogen) atoms. The number of nitrogens with two attached hydrogens (primary N) is 1. The first-order valence-electron chi connectivity index (χ1n) is 7.85. The number of hydrogen-bond acceptors (Lipinski definition) is 5. The van der Waals surface area contributed by atoms with Gasteiger partial charge in [-0.2, -0.15) is 0 Å². The fraction of sp³-hybridized carbons (Fsp3) is 0.786. The van der Waals surface area contributed by atoms with Crippen LogP contribution in [0, 0.1) is 0 Å². The predicted molar refractivity (Wildman–Crippen MR) is 83.1 cm³/mol. The number of carbonyl (C=O) groups excluding carboxylic acids is 1. The van der Waals surface area contributed by atoms with Gasteiger partial charge in [-0.15, -0.1) is 0 Å². The molecular formula is C14H26N4O5. The van der Waals surface area contributed by atoms with E-state index < -0.39 is 18.0 Å². The molecular weight excluding hydrogens is 304 g/mol. The molecule has 1 aliphatic heterocycles. The molecule has 132 valence electrons. The molecule has 0 saturated carbocycles. The lowest BCUT2D eigenvalue weighted by Crippen LogP contribution is -2.52. The van der Waals surface area contributed by atoms with Crippen molar-refractivity contribution in [2.75, 3.05) is 39.3 Å². The van der Waals surface area contributed by atoms with Gasteiger partial charge in [-0.3, -0.25) is 14.5 Å². The first kappa shape index (κ1) is 19.2. The minimum absolute atomic E-state index is 0.00788. The Labute approximate surface area is 135 Å². The molecule has 0 aromatic carbocycles. The minimum atomic E-state index is -0.986. The van der Waals surface area contributed by atoms with Crippen LogP contribution in [-0.2, 0) is 9.59 Å².